The molecule has 1 aliphatic heterocycles. The molecular formula is C21H31N3O4. The van der Waals surface area contributed by atoms with Gasteiger partial charge in [0.1, 0.15) is 5.75 Å². The van der Waals surface area contributed by atoms with Crippen molar-refractivity contribution in [3.8, 4) is 5.75 Å². The summed E-state index contributed by atoms with van der Waals surface area (Å²) in [4.78, 5) is 40.5. The van der Waals surface area contributed by atoms with E-state index in [0.717, 1.165) is 6.42 Å². The van der Waals surface area contributed by atoms with Gasteiger partial charge in [0.25, 0.3) is 5.91 Å². The number of ether oxygens (including phenoxy) is 1. The number of methoxy groups -OCH3 is 1. The van der Waals surface area contributed by atoms with E-state index in [2.05, 4.69) is 19.2 Å². The number of anilines is 1. The first-order valence-corrected chi connectivity index (χ1v) is 9.68. The highest BCUT2D eigenvalue weighted by Gasteiger charge is 2.28. The lowest BCUT2D eigenvalue weighted by Gasteiger charge is -2.35. The van der Waals surface area contributed by atoms with E-state index in [-0.39, 0.29) is 30.6 Å². The Bertz CT molecular complexity index is 722. The molecule has 1 saturated heterocycles. The molecule has 0 saturated carbocycles. The van der Waals surface area contributed by atoms with E-state index in [0.29, 0.717) is 41.9 Å². The standard InChI is InChI=1S/C21H31N3O4/c1-14-10-15(2)13-24(12-14)21(27)17-11-16(28-5)6-7-18(17)22-19(25)8-9-20(26)23(3)4/h6-7,11,14-15H,8-10,12-13H2,1-5H3,(H,22,25)/t14-,15+. The lowest BCUT2D eigenvalue weighted by atomic mass is 9.91. The minimum absolute atomic E-state index is 0.0639. The SMILES string of the molecule is COc1ccc(NC(=O)CCC(=O)N(C)C)c(C(=O)N2C[C@H](C)C[C@H](C)C2)c1. The van der Waals surface area contributed by atoms with Gasteiger partial charge in [-0.1, -0.05) is 13.8 Å². The van der Waals surface area contributed by atoms with Crippen LogP contribution in [0.3, 0.4) is 0 Å². The zero-order valence-corrected chi connectivity index (χ0v) is 17.4. The van der Waals surface area contributed by atoms with Crippen molar-refractivity contribution in [2.75, 3.05) is 39.6 Å². The maximum Gasteiger partial charge on any atom is 0.256 e. The van der Waals surface area contributed by atoms with Crippen molar-refractivity contribution in [3.63, 3.8) is 0 Å². The topological polar surface area (TPSA) is 79.0 Å². The van der Waals surface area contributed by atoms with Crippen LogP contribution in [0.4, 0.5) is 5.69 Å². The summed E-state index contributed by atoms with van der Waals surface area (Å²) < 4.78 is 5.27. The molecule has 0 radical (unpaired) electrons. The number of carbonyl (C=O) groups excluding carboxylic acids is 3. The molecule has 1 fully saturated rings. The number of carbonyl (C=O) groups is 3. The van der Waals surface area contributed by atoms with Crippen LogP contribution in [0.1, 0.15) is 43.5 Å². The normalized spacial score (nSPS) is 19.1. The lowest BCUT2D eigenvalue weighted by molar-refractivity contribution is -0.130. The Morgan fingerprint density at radius 3 is 2.36 bits per heavy atom. The molecule has 0 spiro atoms. The zero-order valence-electron chi connectivity index (χ0n) is 17.4. The third kappa shape index (κ3) is 5.71. The summed E-state index contributed by atoms with van der Waals surface area (Å²) in [6, 6.07) is 5.04. The number of nitrogens with zero attached hydrogens (tertiary/aromatic N) is 2. The number of nitrogens with one attached hydrogen (secondary N) is 1. The van der Waals surface area contributed by atoms with Crippen LogP contribution in [0.25, 0.3) is 0 Å². The largest absolute Gasteiger partial charge is 0.497 e. The van der Waals surface area contributed by atoms with Crippen molar-refractivity contribution in [1.29, 1.82) is 0 Å². The fourth-order valence-corrected chi connectivity index (χ4v) is 3.59. The minimum atomic E-state index is -0.296. The fourth-order valence-electron chi connectivity index (χ4n) is 3.59. The number of rotatable bonds is 6. The monoisotopic (exact) mass is 389 g/mol. The Kier molecular flexibility index (Phi) is 7.43. The van der Waals surface area contributed by atoms with Gasteiger partial charge in [0.05, 0.1) is 18.4 Å². The van der Waals surface area contributed by atoms with Crippen LogP contribution in [0.5, 0.6) is 5.75 Å². The van der Waals surface area contributed by atoms with Gasteiger partial charge in [-0.3, -0.25) is 14.4 Å². The average molecular weight is 389 g/mol. The molecule has 1 N–H and O–H groups in total. The first kappa shape index (κ1) is 21.7. The number of piperidine rings is 1. The van der Waals surface area contributed by atoms with Crippen LogP contribution in [0.2, 0.25) is 0 Å². The highest BCUT2D eigenvalue weighted by Crippen LogP contribution is 2.27. The van der Waals surface area contributed by atoms with Crippen LogP contribution in [-0.4, -0.2) is 61.8 Å². The third-order valence-corrected chi connectivity index (χ3v) is 4.95. The molecular weight excluding hydrogens is 358 g/mol. The van der Waals surface area contributed by atoms with Crippen molar-refractivity contribution in [3.05, 3.63) is 23.8 Å². The van der Waals surface area contributed by atoms with E-state index in [4.69, 9.17) is 4.74 Å². The molecule has 1 aromatic carbocycles. The van der Waals surface area contributed by atoms with Gasteiger partial charge in [0, 0.05) is 40.0 Å². The van der Waals surface area contributed by atoms with Crippen molar-refractivity contribution < 1.29 is 19.1 Å². The predicted octanol–water partition coefficient (Wildman–Crippen LogP) is 2.62. The van der Waals surface area contributed by atoms with E-state index in [1.54, 1.807) is 39.4 Å². The summed E-state index contributed by atoms with van der Waals surface area (Å²) in [7, 11) is 4.85. The summed E-state index contributed by atoms with van der Waals surface area (Å²) in [5.41, 5.74) is 0.854. The molecule has 2 rings (SSSR count). The van der Waals surface area contributed by atoms with Crippen molar-refractivity contribution in [1.82, 2.24) is 9.80 Å². The van der Waals surface area contributed by atoms with Gasteiger partial charge in [-0.15, -0.1) is 0 Å². The van der Waals surface area contributed by atoms with Gasteiger partial charge in [-0.25, -0.2) is 0 Å². The number of amides is 3. The molecule has 1 aromatic rings. The summed E-state index contributed by atoms with van der Waals surface area (Å²) in [6.07, 6.45) is 1.29. The van der Waals surface area contributed by atoms with Crippen molar-refractivity contribution >= 4 is 23.4 Å². The van der Waals surface area contributed by atoms with E-state index in [1.165, 1.54) is 4.90 Å². The van der Waals surface area contributed by atoms with Gasteiger partial charge in [-0.2, -0.15) is 0 Å². The summed E-state index contributed by atoms with van der Waals surface area (Å²) in [6.45, 7) is 5.69. The van der Waals surface area contributed by atoms with E-state index < -0.39 is 0 Å². The average Bonchev–Trinajstić information content (AvgIpc) is 2.64. The number of hydrogen-bond donors (Lipinski definition) is 1. The van der Waals surface area contributed by atoms with Crippen molar-refractivity contribution in [2.45, 2.75) is 33.1 Å². The van der Waals surface area contributed by atoms with Crippen LogP contribution < -0.4 is 10.1 Å². The van der Waals surface area contributed by atoms with Crippen molar-refractivity contribution in [2.24, 2.45) is 11.8 Å². The van der Waals surface area contributed by atoms with Gasteiger partial charge in [0.15, 0.2) is 0 Å². The number of likely N-dealkylation sites (tertiary alicyclic amines) is 1. The summed E-state index contributed by atoms with van der Waals surface area (Å²) in [5, 5.41) is 2.79. The Balaban J connectivity index is 2.17. The molecule has 3 amide bonds. The molecule has 0 bridgehead atoms. The maximum absolute atomic E-state index is 13.2. The quantitative estimate of drug-likeness (QED) is 0.811. The lowest BCUT2D eigenvalue weighted by Crippen LogP contribution is -2.42. The third-order valence-electron chi connectivity index (χ3n) is 4.95. The van der Waals surface area contributed by atoms with Gasteiger partial charge < -0.3 is 19.9 Å². The molecule has 1 heterocycles. The zero-order chi connectivity index (χ0) is 20.8. The Hall–Kier alpha value is -2.57. The van der Waals surface area contributed by atoms with Crippen LogP contribution in [0.15, 0.2) is 18.2 Å². The second-order valence-electron chi connectivity index (χ2n) is 7.90. The van der Waals surface area contributed by atoms with Gasteiger partial charge in [0.2, 0.25) is 11.8 Å². The summed E-state index contributed by atoms with van der Waals surface area (Å²) in [5.74, 6) is 0.910. The van der Waals surface area contributed by atoms with Gasteiger partial charge >= 0.3 is 0 Å². The second-order valence-corrected chi connectivity index (χ2v) is 7.90. The molecule has 2 atom stereocenters. The highest BCUT2D eigenvalue weighted by molar-refractivity contribution is 6.04. The Labute approximate surface area is 167 Å². The maximum atomic E-state index is 13.2. The molecule has 154 valence electrons. The fraction of sp³-hybridized carbons (Fsp3) is 0.571. The van der Waals surface area contributed by atoms with Crippen LogP contribution >= 0.6 is 0 Å². The Morgan fingerprint density at radius 2 is 1.79 bits per heavy atom. The van der Waals surface area contributed by atoms with E-state index >= 15 is 0 Å². The smallest absolute Gasteiger partial charge is 0.256 e. The molecule has 7 nitrogen and oxygen atoms in total. The van der Waals surface area contributed by atoms with Crippen LogP contribution in [0, 0.1) is 11.8 Å². The van der Waals surface area contributed by atoms with Gasteiger partial charge in [-0.05, 0) is 36.5 Å². The first-order chi connectivity index (χ1) is 13.2. The van der Waals surface area contributed by atoms with E-state index in [9.17, 15) is 14.4 Å². The Morgan fingerprint density at radius 1 is 1.14 bits per heavy atom. The molecule has 28 heavy (non-hydrogen) atoms. The predicted molar refractivity (Wildman–Crippen MR) is 108 cm³/mol. The molecule has 1 aliphatic rings. The number of hydrogen-bond acceptors (Lipinski definition) is 4. The minimum Gasteiger partial charge on any atom is -0.497 e. The first-order valence-electron chi connectivity index (χ1n) is 9.68. The van der Waals surface area contributed by atoms with E-state index in [1.807, 2.05) is 4.90 Å². The molecule has 7 heteroatoms. The molecule has 0 aliphatic carbocycles. The summed E-state index contributed by atoms with van der Waals surface area (Å²) >= 11 is 0. The molecule has 0 unspecified atom stereocenters. The highest BCUT2D eigenvalue weighted by atomic mass is 16.5. The molecule has 0 aromatic heterocycles. The number of benzene rings is 1. The van der Waals surface area contributed by atoms with Crippen LogP contribution in [-0.2, 0) is 9.59 Å². The second kappa shape index (κ2) is 9.57.